The number of primary amides is 1. The van der Waals surface area contributed by atoms with E-state index in [1.165, 1.54) is 27.7 Å². The van der Waals surface area contributed by atoms with Crippen molar-refractivity contribution in [2.45, 2.75) is 44.9 Å². The molecule has 5 rings (SSSR count). The first kappa shape index (κ1) is 27.1. The number of amides is 3. The third-order valence-corrected chi connectivity index (χ3v) is 7.44. The van der Waals surface area contributed by atoms with Gasteiger partial charge in [-0.05, 0) is 68.5 Å². The van der Waals surface area contributed by atoms with Crippen LogP contribution >= 0.6 is 0 Å². The zero-order valence-corrected chi connectivity index (χ0v) is 22.1. The number of fused-ring (bicyclic) bond motifs is 1. The van der Waals surface area contributed by atoms with Gasteiger partial charge in [0.05, 0.1) is 29.6 Å². The number of anilines is 1. The summed E-state index contributed by atoms with van der Waals surface area (Å²) < 4.78 is 22.9. The summed E-state index contributed by atoms with van der Waals surface area (Å²) in [7, 11) is 0. The van der Waals surface area contributed by atoms with Crippen LogP contribution in [0.15, 0.2) is 46.0 Å². The highest BCUT2D eigenvalue weighted by Crippen LogP contribution is 2.32. The van der Waals surface area contributed by atoms with Gasteiger partial charge < -0.3 is 20.7 Å². The van der Waals surface area contributed by atoms with Crippen molar-refractivity contribution in [3.8, 4) is 6.07 Å². The number of hydrogen-bond acceptors (Lipinski definition) is 6. The van der Waals surface area contributed by atoms with Crippen molar-refractivity contribution in [1.29, 1.82) is 5.26 Å². The highest BCUT2D eigenvalue weighted by molar-refractivity contribution is 5.94. The molecule has 2 aromatic carbocycles. The SMILES string of the molecule is CC(C)n1c(=O)n(CC2CC2)c(=O)c2cc(NC(=O)N3CCOC(C(N)=O)(c4ccc(C#N)c(F)c4)C3)ccc21. The lowest BCUT2D eigenvalue weighted by Gasteiger charge is -2.40. The maximum atomic E-state index is 14.4. The second kappa shape index (κ2) is 10.2. The highest BCUT2D eigenvalue weighted by atomic mass is 19.1. The Labute approximate surface area is 228 Å². The lowest BCUT2D eigenvalue weighted by molar-refractivity contribution is -0.155. The monoisotopic (exact) mass is 548 g/mol. The fourth-order valence-corrected chi connectivity index (χ4v) is 5.10. The molecule has 1 saturated heterocycles. The van der Waals surface area contributed by atoms with Crippen molar-refractivity contribution < 1.29 is 18.7 Å². The smallest absolute Gasteiger partial charge is 0.331 e. The average molecular weight is 549 g/mol. The molecule has 2 heterocycles. The molecule has 2 aliphatic rings. The topological polar surface area (TPSA) is 152 Å². The summed E-state index contributed by atoms with van der Waals surface area (Å²) >= 11 is 0. The second-order valence-corrected chi connectivity index (χ2v) is 10.5. The minimum atomic E-state index is -1.82. The molecule has 0 radical (unpaired) electrons. The normalized spacial score (nSPS) is 19.0. The molecular weight excluding hydrogens is 519 g/mol. The molecule has 11 nitrogen and oxygen atoms in total. The average Bonchev–Trinajstić information content (AvgIpc) is 3.75. The molecule has 3 N–H and O–H groups in total. The number of hydrogen-bond donors (Lipinski definition) is 2. The van der Waals surface area contributed by atoms with E-state index in [0.29, 0.717) is 29.1 Å². The van der Waals surface area contributed by atoms with Gasteiger partial charge in [0.2, 0.25) is 0 Å². The van der Waals surface area contributed by atoms with Crippen LogP contribution in [-0.2, 0) is 21.7 Å². The van der Waals surface area contributed by atoms with Gasteiger partial charge >= 0.3 is 11.7 Å². The largest absolute Gasteiger partial charge is 0.367 e. The molecule has 1 aliphatic carbocycles. The quantitative estimate of drug-likeness (QED) is 0.483. The Kier molecular flexibility index (Phi) is 6.93. The van der Waals surface area contributed by atoms with E-state index in [-0.39, 0.29) is 42.6 Å². The van der Waals surface area contributed by atoms with Gasteiger partial charge in [-0.25, -0.2) is 14.0 Å². The van der Waals surface area contributed by atoms with Gasteiger partial charge in [-0.1, -0.05) is 6.07 Å². The Morgan fingerprint density at radius 3 is 2.60 bits per heavy atom. The molecule has 1 atom stereocenters. The van der Waals surface area contributed by atoms with Crippen molar-refractivity contribution in [3.63, 3.8) is 0 Å². The summed E-state index contributed by atoms with van der Waals surface area (Å²) in [5, 5.41) is 12.1. The van der Waals surface area contributed by atoms with Crippen LogP contribution < -0.4 is 22.3 Å². The lowest BCUT2D eigenvalue weighted by atomic mass is 9.90. The number of nitrogens with one attached hydrogen (secondary N) is 1. The highest BCUT2D eigenvalue weighted by Gasteiger charge is 2.45. The zero-order valence-electron chi connectivity index (χ0n) is 22.1. The number of nitrogens with two attached hydrogens (primary N) is 1. The van der Waals surface area contributed by atoms with Crippen LogP contribution in [0.5, 0.6) is 0 Å². The number of carbonyl (C=O) groups excluding carboxylic acids is 2. The fourth-order valence-electron chi connectivity index (χ4n) is 5.10. The van der Waals surface area contributed by atoms with E-state index < -0.39 is 28.9 Å². The molecule has 1 unspecified atom stereocenters. The number of nitrogens with zero attached hydrogens (tertiary/aromatic N) is 4. The van der Waals surface area contributed by atoms with Crippen LogP contribution in [-0.4, -0.2) is 45.7 Å². The molecule has 2 fully saturated rings. The predicted molar refractivity (Wildman–Crippen MR) is 144 cm³/mol. The van der Waals surface area contributed by atoms with E-state index in [0.717, 1.165) is 18.9 Å². The molecule has 1 aromatic heterocycles. The van der Waals surface area contributed by atoms with Crippen LogP contribution in [0.3, 0.4) is 0 Å². The van der Waals surface area contributed by atoms with E-state index in [4.69, 9.17) is 15.7 Å². The molecule has 40 heavy (non-hydrogen) atoms. The molecule has 3 aromatic rings. The first-order valence-electron chi connectivity index (χ1n) is 13.0. The zero-order chi connectivity index (χ0) is 28.8. The van der Waals surface area contributed by atoms with Crippen molar-refractivity contribution in [2.75, 3.05) is 25.0 Å². The third-order valence-electron chi connectivity index (χ3n) is 7.44. The van der Waals surface area contributed by atoms with E-state index in [1.807, 2.05) is 13.8 Å². The summed E-state index contributed by atoms with van der Waals surface area (Å²) in [6.45, 7) is 3.86. The molecule has 1 saturated carbocycles. The van der Waals surface area contributed by atoms with Gasteiger partial charge in [0, 0.05) is 24.8 Å². The number of halogens is 1. The van der Waals surface area contributed by atoms with E-state index in [9.17, 15) is 23.6 Å². The standard InChI is InChI=1S/C28H29FN6O5/c1-16(2)35-23-8-7-20(12-21(23)24(36)34(27(35)39)14-17-3-4-17)32-26(38)33-9-10-40-28(15-33,25(31)37)19-6-5-18(13-30)22(29)11-19/h5-8,11-12,16-17H,3-4,9-10,14-15H2,1-2H3,(H2,31,37)(H,32,38). The minimum Gasteiger partial charge on any atom is -0.367 e. The van der Waals surface area contributed by atoms with Crippen LogP contribution in [0.25, 0.3) is 10.9 Å². The lowest BCUT2D eigenvalue weighted by Crippen LogP contribution is -2.58. The molecule has 12 heteroatoms. The van der Waals surface area contributed by atoms with Gasteiger partial charge in [0.25, 0.3) is 11.5 Å². The van der Waals surface area contributed by atoms with E-state index in [1.54, 1.807) is 22.8 Å². The molecule has 3 amide bonds. The molecule has 0 spiro atoms. The molecular formula is C28H29FN6O5. The summed E-state index contributed by atoms with van der Waals surface area (Å²) in [5.74, 6) is -1.44. The van der Waals surface area contributed by atoms with Crippen molar-refractivity contribution in [3.05, 3.63) is 74.2 Å². The van der Waals surface area contributed by atoms with Gasteiger partial charge in [-0.2, -0.15) is 5.26 Å². The third kappa shape index (κ3) is 4.73. The van der Waals surface area contributed by atoms with Crippen LogP contribution in [0, 0.1) is 23.1 Å². The number of aromatic nitrogens is 2. The van der Waals surface area contributed by atoms with Gasteiger partial charge in [-0.3, -0.25) is 18.7 Å². The molecule has 0 bridgehead atoms. The Hall–Kier alpha value is -4.50. The van der Waals surface area contributed by atoms with Crippen LogP contribution in [0.1, 0.15) is 43.9 Å². The number of rotatable bonds is 6. The number of urea groups is 1. The summed E-state index contributed by atoms with van der Waals surface area (Å²) in [6.07, 6.45) is 1.95. The maximum absolute atomic E-state index is 14.4. The van der Waals surface area contributed by atoms with Gasteiger partial charge in [-0.15, -0.1) is 0 Å². The number of morpholine rings is 1. The van der Waals surface area contributed by atoms with Crippen LogP contribution in [0.4, 0.5) is 14.9 Å². The van der Waals surface area contributed by atoms with E-state index >= 15 is 0 Å². The van der Waals surface area contributed by atoms with Crippen molar-refractivity contribution >= 4 is 28.5 Å². The van der Waals surface area contributed by atoms with Gasteiger partial charge in [0.1, 0.15) is 11.9 Å². The van der Waals surface area contributed by atoms with E-state index in [2.05, 4.69) is 5.32 Å². The Bertz CT molecular complexity index is 1690. The first-order chi connectivity index (χ1) is 19.1. The molecule has 208 valence electrons. The number of carbonyl (C=O) groups is 2. The summed E-state index contributed by atoms with van der Waals surface area (Å²) in [4.78, 5) is 53.6. The predicted octanol–water partition coefficient (Wildman–Crippen LogP) is 2.41. The Balaban J connectivity index is 1.46. The second-order valence-electron chi connectivity index (χ2n) is 10.5. The number of ether oxygens (including phenoxy) is 1. The van der Waals surface area contributed by atoms with Crippen molar-refractivity contribution in [1.82, 2.24) is 14.0 Å². The van der Waals surface area contributed by atoms with Crippen LogP contribution in [0.2, 0.25) is 0 Å². The summed E-state index contributed by atoms with van der Waals surface area (Å²) in [6, 6.07) is 9.31. The maximum Gasteiger partial charge on any atom is 0.331 e. The minimum absolute atomic E-state index is 0.0533. The Morgan fingerprint density at radius 1 is 1.23 bits per heavy atom. The fraction of sp³-hybridized carbons (Fsp3) is 0.393. The number of nitriles is 1. The summed E-state index contributed by atoms with van der Waals surface area (Å²) in [5.41, 5.74) is 3.76. The Morgan fingerprint density at radius 2 is 1.98 bits per heavy atom. The first-order valence-corrected chi connectivity index (χ1v) is 13.0. The molecule has 1 aliphatic heterocycles. The van der Waals surface area contributed by atoms with Crippen molar-refractivity contribution in [2.24, 2.45) is 11.7 Å². The van der Waals surface area contributed by atoms with Gasteiger partial charge in [0.15, 0.2) is 5.60 Å². The number of benzene rings is 2.